The van der Waals surface area contributed by atoms with Crippen LogP contribution in [0.25, 0.3) is 0 Å². The highest BCUT2D eigenvalue weighted by Gasteiger charge is 2.19. The fourth-order valence-corrected chi connectivity index (χ4v) is 1.61. The van der Waals surface area contributed by atoms with Crippen LogP contribution in [-0.2, 0) is 4.79 Å². The summed E-state index contributed by atoms with van der Waals surface area (Å²) in [6.07, 6.45) is -1.06. The van der Waals surface area contributed by atoms with E-state index in [4.69, 9.17) is 4.74 Å². The summed E-state index contributed by atoms with van der Waals surface area (Å²) < 4.78 is 5.12. The van der Waals surface area contributed by atoms with Gasteiger partial charge in [-0.3, -0.25) is 0 Å². The third-order valence-corrected chi connectivity index (χ3v) is 2.66. The zero-order chi connectivity index (χ0) is 13.7. The highest BCUT2D eigenvalue weighted by Crippen LogP contribution is 2.21. The van der Waals surface area contributed by atoms with E-state index in [9.17, 15) is 9.90 Å². The van der Waals surface area contributed by atoms with Crippen LogP contribution in [-0.4, -0.2) is 11.1 Å². The van der Waals surface area contributed by atoms with Crippen LogP contribution < -0.4 is 4.74 Å². The lowest BCUT2D eigenvalue weighted by Crippen LogP contribution is -2.16. The zero-order valence-electron chi connectivity index (χ0n) is 10.3. The van der Waals surface area contributed by atoms with Crippen LogP contribution in [0.5, 0.6) is 5.75 Å². The molecule has 0 aliphatic rings. The minimum absolute atomic E-state index is 0.00931. The van der Waals surface area contributed by atoms with Crippen molar-refractivity contribution in [3.05, 3.63) is 78.4 Å². The number of ether oxygens (including phenoxy) is 1. The molecule has 1 N–H and O–H groups in total. The number of carbonyl (C=O) groups is 1. The Bertz CT molecular complexity index is 561. The van der Waals surface area contributed by atoms with E-state index in [0.29, 0.717) is 11.3 Å². The van der Waals surface area contributed by atoms with Crippen molar-refractivity contribution in [3.63, 3.8) is 0 Å². The van der Waals surface area contributed by atoms with E-state index in [1.165, 1.54) is 0 Å². The summed E-state index contributed by atoms with van der Waals surface area (Å²) in [6, 6.07) is 17.5. The van der Waals surface area contributed by atoms with Gasteiger partial charge in [-0.1, -0.05) is 55.1 Å². The van der Waals surface area contributed by atoms with Crippen LogP contribution in [0.15, 0.2) is 72.8 Å². The maximum Gasteiger partial charge on any atom is 0.341 e. The normalized spacial score (nSPS) is 11.6. The highest BCUT2D eigenvalue weighted by molar-refractivity contribution is 5.90. The van der Waals surface area contributed by atoms with E-state index >= 15 is 0 Å². The lowest BCUT2D eigenvalue weighted by molar-refractivity contribution is -0.131. The molecule has 0 spiro atoms. The number of aliphatic hydroxyl groups is 1. The Hall–Kier alpha value is -2.39. The standard InChI is InChI=1S/C16H14O3/c1-12(15(17)13-8-4-2-5-9-13)16(18)19-14-10-6-3-7-11-14/h2-11,15,17H,1H2. The van der Waals surface area contributed by atoms with Crippen LogP contribution in [0, 0.1) is 0 Å². The van der Waals surface area contributed by atoms with Crippen LogP contribution in [0.2, 0.25) is 0 Å². The molecular formula is C16H14O3. The number of para-hydroxylation sites is 1. The molecule has 1 atom stereocenters. The number of aliphatic hydroxyl groups excluding tert-OH is 1. The molecule has 0 fully saturated rings. The Morgan fingerprint density at radius 3 is 2.11 bits per heavy atom. The largest absolute Gasteiger partial charge is 0.423 e. The lowest BCUT2D eigenvalue weighted by Gasteiger charge is -2.13. The molecule has 3 heteroatoms. The van der Waals surface area contributed by atoms with Gasteiger partial charge in [-0.05, 0) is 17.7 Å². The SMILES string of the molecule is C=C(C(=O)Oc1ccccc1)C(O)c1ccccc1. The molecular weight excluding hydrogens is 240 g/mol. The third-order valence-electron chi connectivity index (χ3n) is 2.66. The lowest BCUT2D eigenvalue weighted by atomic mass is 10.0. The molecule has 2 aromatic rings. The van der Waals surface area contributed by atoms with Gasteiger partial charge in [-0.25, -0.2) is 4.79 Å². The Balaban J connectivity index is 2.06. The van der Waals surface area contributed by atoms with E-state index in [-0.39, 0.29) is 5.57 Å². The minimum atomic E-state index is -1.06. The van der Waals surface area contributed by atoms with Gasteiger partial charge in [0.05, 0.1) is 5.57 Å². The molecule has 2 rings (SSSR count). The van der Waals surface area contributed by atoms with E-state index in [2.05, 4.69) is 6.58 Å². The highest BCUT2D eigenvalue weighted by atomic mass is 16.5. The van der Waals surface area contributed by atoms with Gasteiger partial charge in [-0.2, -0.15) is 0 Å². The summed E-state index contributed by atoms with van der Waals surface area (Å²) in [4.78, 5) is 11.8. The average Bonchev–Trinajstić information content (AvgIpc) is 2.47. The van der Waals surface area contributed by atoms with Gasteiger partial charge in [0.25, 0.3) is 0 Å². The summed E-state index contributed by atoms with van der Waals surface area (Å²) in [7, 11) is 0. The van der Waals surface area contributed by atoms with Crippen LogP contribution in [0.3, 0.4) is 0 Å². The van der Waals surface area contributed by atoms with Crippen LogP contribution >= 0.6 is 0 Å². The second kappa shape index (κ2) is 5.98. The van der Waals surface area contributed by atoms with Crippen molar-refractivity contribution in [2.45, 2.75) is 6.10 Å². The Labute approximate surface area is 111 Å². The van der Waals surface area contributed by atoms with Crippen molar-refractivity contribution in [2.75, 3.05) is 0 Å². The first-order valence-corrected chi connectivity index (χ1v) is 5.87. The van der Waals surface area contributed by atoms with E-state index in [0.717, 1.165) is 0 Å². The molecule has 0 saturated heterocycles. The van der Waals surface area contributed by atoms with E-state index in [1.807, 2.05) is 12.1 Å². The van der Waals surface area contributed by atoms with Gasteiger partial charge in [0.15, 0.2) is 0 Å². The first-order chi connectivity index (χ1) is 9.18. The fourth-order valence-electron chi connectivity index (χ4n) is 1.61. The van der Waals surface area contributed by atoms with Crippen molar-refractivity contribution < 1.29 is 14.6 Å². The van der Waals surface area contributed by atoms with Crippen molar-refractivity contribution in [3.8, 4) is 5.75 Å². The quantitative estimate of drug-likeness (QED) is 0.518. The summed E-state index contributed by atoms with van der Waals surface area (Å²) in [5.41, 5.74) is 0.618. The molecule has 19 heavy (non-hydrogen) atoms. The third kappa shape index (κ3) is 3.30. The second-order valence-electron chi connectivity index (χ2n) is 4.04. The Morgan fingerprint density at radius 2 is 1.53 bits per heavy atom. The summed E-state index contributed by atoms with van der Waals surface area (Å²) >= 11 is 0. The summed E-state index contributed by atoms with van der Waals surface area (Å²) in [5.74, 6) is -0.212. The van der Waals surface area contributed by atoms with Gasteiger partial charge >= 0.3 is 5.97 Å². The number of rotatable bonds is 4. The molecule has 0 aliphatic heterocycles. The van der Waals surface area contributed by atoms with Gasteiger partial charge < -0.3 is 9.84 Å². The minimum Gasteiger partial charge on any atom is -0.423 e. The van der Waals surface area contributed by atoms with Crippen LogP contribution in [0.4, 0.5) is 0 Å². The molecule has 0 amide bonds. The Kier molecular flexibility index (Phi) is 4.11. The molecule has 1 unspecified atom stereocenters. The molecule has 0 aliphatic carbocycles. The monoisotopic (exact) mass is 254 g/mol. The maximum absolute atomic E-state index is 11.8. The predicted octanol–water partition coefficient (Wildman–Crippen LogP) is 2.88. The number of hydrogen-bond donors (Lipinski definition) is 1. The van der Waals surface area contributed by atoms with Crippen molar-refractivity contribution in [2.24, 2.45) is 0 Å². The van der Waals surface area contributed by atoms with E-state index < -0.39 is 12.1 Å². The topological polar surface area (TPSA) is 46.5 Å². The van der Waals surface area contributed by atoms with Gasteiger partial charge in [0, 0.05) is 0 Å². The second-order valence-corrected chi connectivity index (χ2v) is 4.04. The van der Waals surface area contributed by atoms with Crippen molar-refractivity contribution >= 4 is 5.97 Å². The predicted molar refractivity (Wildman–Crippen MR) is 72.6 cm³/mol. The molecule has 0 aromatic heterocycles. The molecule has 0 saturated carbocycles. The number of esters is 1. The number of benzene rings is 2. The van der Waals surface area contributed by atoms with Gasteiger partial charge in [0.2, 0.25) is 0 Å². The molecule has 3 nitrogen and oxygen atoms in total. The summed E-state index contributed by atoms with van der Waals surface area (Å²) in [5, 5.41) is 10.0. The number of hydrogen-bond acceptors (Lipinski definition) is 3. The molecule has 0 heterocycles. The first kappa shape index (κ1) is 13.1. The molecule has 0 radical (unpaired) electrons. The van der Waals surface area contributed by atoms with Crippen molar-refractivity contribution in [1.82, 2.24) is 0 Å². The maximum atomic E-state index is 11.8. The van der Waals surface area contributed by atoms with Crippen molar-refractivity contribution in [1.29, 1.82) is 0 Å². The zero-order valence-corrected chi connectivity index (χ0v) is 10.3. The molecule has 0 bridgehead atoms. The van der Waals surface area contributed by atoms with Crippen LogP contribution in [0.1, 0.15) is 11.7 Å². The van der Waals surface area contributed by atoms with Gasteiger partial charge in [0.1, 0.15) is 11.9 Å². The molecule has 96 valence electrons. The molecule has 2 aromatic carbocycles. The number of carbonyl (C=O) groups excluding carboxylic acids is 1. The smallest absolute Gasteiger partial charge is 0.341 e. The first-order valence-electron chi connectivity index (χ1n) is 5.87. The fraction of sp³-hybridized carbons (Fsp3) is 0.0625. The van der Waals surface area contributed by atoms with E-state index in [1.54, 1.807) is 48.5 Å². The summed E-state index contributed by atoms with van der Waals surface area (Å²) in [6.45, 7) is 3.60. The van der Waals surface area contributed by atoms with Gasteiger partial charge in [-0.15, -0.1) is 0 Å². The average molecular weight is 254 g/mol. The Morgan fingerprint density at radius 1 is 1.00 bits per heavy atom.